The van der Waals surface area contributed by atoms with Crippen molar-refractivity contribution in [2.45, 2.75) is 13.0 Å². The van der Waals surface area contributed by atoms with Gasteiger partial charge < -0.3 is 14.8 Å². The number of methoxy groups -OCH3 is 1. The number of hydrogen-bond donors (Lipinski definition) is 1. The predicted molar refractivity (Wildman–Crippen MR) is 81.5 cm³/mol. The van der Waals surface area contributed by atoms with Crippen LogP contribution in [0.2, 0.25) is 0 Å². The minimum absolute atomic E-state index is 0.235. The van der Waals surface area contributed by atoms with Crippen LogP contribution in [0.5, 0.6) is 11.5 Å². The van der Waals surface area contributed by atoms with Gasteiger partial charge in [-0.05, 0) is 32.3 Å². The summed E-state index contributed by atoms with van der Waals surface area (Å²) in [7, 11) is 5.31. The van der Waals surface area contributed by atoms with Crippen LogP contribution in [-0.4, -0.2) is 26.2 Å². The molecule has 1 heterocycles. The number of aromatic nitrogens is 1. The summed E-state index contributed by atoms with van der Waals surface area (Å²) >= 11 is 0. The molecular formula is C16H20F2N2O2. The van der Waals surface area contributed by atoms with Crippen molar-refractivity contribution in [1.82, 2.24) is 10.3 Å². The quantitative estimate of drug-likeness (QED) is 0.918. The SMILES string of the molecule is CNC.COc1ccccc1OCc1ccc(C(F)F)nc1. The maximum absolute atomic E-state index is 12.3. The van der Waals surface area contributed by atoms with Gasteiger partial charge in [0.1, 0.15) is 12.3 Å². The van der Waals surface area contributed by atoms with Gasteiger partial charge in [-0.15, -0.1) is 0 Å². The van der Waals surface area contributed by atoms with Gasteiger partial charge in [-0.25, -0.2) is 8.78 Å². The molecule has 120 valence electrons. The third-order valence-corrected chi connectivity index (χ3v) is 2.53. The molecule has 0 atom stereocenters. The second-order valence-corrected chi connectivity index (χ2v) is 4.33. The summed E-state index contributed by atoms with van der Waals surface area (Å²) in [5.74, 6) is 1.22. The Morgan fingerprint density at radius 1 is 1.09 bits per heavy atom. The number of ether oxygens (including phenoxy) is 2. The second-order valence-electron chi connectivity index (χ2n) is 4.33. The van der Waals surface area contributed by atoms with Gasteiger partial charge in [-0.3, -0.25) is 4.98 Å². The molecule has 0 bridgehead atoms. The van der Waals surface area contributed by atoms with Crippen LogP contribution >= 0.6 is 0 Å². The number of alkyl halides is 2. The van der Waals surface area contributed by atoms with E-state index in [1.807, 2.05) is 26.2 Å². The molecule has 22 heavy (non-hydrogen) atoms. The lowest BCUT2D eigenvalue weighted by atomic mass is 10.2. The van der Waals surface area contributed by atoms with Crippen LogP contribution in [0.4, 0.5) is 8.78 Å². The molecule has 0 saturated carbocycles. The predicted octanol–water partition coefficient (Wildman–Crippen LogP) is 3.44. The molecule has 0 unspecified atom stereocenters. The fourth-order valence-corrected chi connectivity index (χ4v) is 1.55. The lowest BCUT2D eigenvalue weighted by molar-refractivity contribution is 0.146. The van der Waals surface area contributed by atoms with Crippen molar-refractivity contribution in [3.63, 3.8) is 0 Å². The van der Waals surface area contributed by atoms with Crippen LogP contribution in [0.3, 0.4) is 0 Å². The van der Waals surface area contributed by atoms with E-state index in [0.29, 0.717) is 11.5 Å². The molecule has 0 aliphatic heterocycles. The molecule has 0 saturated heterocycles. The Balaban J connectivity index is 0.000000745. The van der Waals surface area contributed by atoms with Crippen LogP contribution < -0.4 is 14.8 Å². The molecule has 4 nitrogen and oxygen atoms in total. The molecule has 2 aromatic rings. The summed E-state index contributed by atoms with van der Waals surface area (Å²) in [6, 6.07) is 10.1. The molecule has 1 aromatic heterocycles. The highest BCUT2D eigenvalue weighted by Gasteiger charge is 2.08. The van der Waals surface area contributed by atoms with E-state index in [0.717, 1.165) is 5.56 Å². The Hall–Kier alpha value is -2.21. The number of nitrogens with one attached hydrogen (secondary N) is 1. The van der Waals surface area contributed by atoms with Gasteiger partial charge in [0, 0.05) is 11.8 Å². The molecule has 0 amide bonds. The topological polar surface area (TPSA) is 43.4 Å². The standard InChI is InChI=1S/C14H13F2NO2.C2H7N/c1-18-12-4-2-3-5-13(12)19-9-10-6-7-11(14(15)16)17-8-10;1-3-2/h2-8,14H,9H2,1H3;3H,1-2H3. The third-order valence-electron chi connectivity index (χ3n) is 2.53. The highest BCUT2D eigenvalue weighted by molar-refractivity contribution is 5.39. The zero-order valence-electron chi connectivity index (χ0n) is 12.8. The molecule has 6 heteroatoms. The molecule has 1 N–H and O–H groups in total. The Morgan fingerprint density at radius 2 is 1.73 bits per heavy atom. The van der Waals surface area contributed by atoms with Crippen LogP contribution in [0, 0.1) is 0 Å². The first-order valence-corrected chi connectivity index (χ1v) is 6.69. The van der Waals surface area contributed by atoms with Crippen molar-refractivity contribution < 1.29 is 18.3 Å². The first kappa shape index (κ1) is 17.8. The third kappa shape index (κ3) is 5.65. The van der Waals surface area contributed by atoms with Gasteiger partial charge in [-0.2, -0.15) is 0 Å². The number of para-hydroxylation sites is 2. The van der Waals surface area contributed by atoms with Crippen LogP contribution in [0.15, 0.2) is 42.6 Å². The Labute approximate surface area is 129 Å². The first-order valence-electron chi connectivity index (χ1n) is 6.69. The highest BCUT2D eigenvalue weighted by Crippen LogP contribution is 2.26. The van der Waals surface area contributed by atoms with Gasteiger partial charge >= 0.3 is 0 Å². The number of rotatable bonds is 5. The Morgan fingerprint density at radius 3 is 2.23 bits per heavy atom. The average Bonchev–Trinajstić information content (AvgIpc) is 2.54. The summed E-state index contributed by atoms with van der Waals surface area (Å²) in [5, 5.41) is 2.75. The summed E-state index contributed by atoms with van der Waals surface area (Å²) in [4.78, 5) is 3.67. The summed E-state index contributed by atoms with van der Waals surface area (Å²) < 4.78 is 35.4. The minimum Gasteiger partial charge on any atom is -0.493 e. The lowest BCUT2D eigenvalue weighted by Crippen LogP contribution is -1.99. The lowest BCUT2D eigenvalue weighted by Gasteiger charge is -2.10. The van der Waals surface area contributed by atoms with Crippen LogP contribution in [-0.2, 0) is 6.61 Å². The maximum atomic E-state index is 12.3. The Bertz CT molecular complexity index is 548. The minimum atomic E-state index is -2.55. The van der Waals surface area contributed by atoms with Gasteiger partial charge in [0.15, 0.2) is 11.5 Å². The summed E-state index contributed by atoms with van der Waals surface area (Å²) in [6.45, 7) is 0.247. The highest BCUT2D eigenvalue weighted by atomic mass is 19.3. The van der Waals surface area contributed by atoms with E-state index in [2.05, 4.69) is 10.3 Å². The molecule has 0 aliphatic rings. The summed E-state index contributed by atoms with van der Waals surface area (Å²) in [5.41, 5.74) is 0.483. The molecular weight excluding hydrogens is 290 g/mol. The summed E-state index contributed by atoms with van der Waals surface area (Å²) in [6.07, 6.45) is -1.17. The molecule has 2 rings (SSSR count). The Kier molecular flexibility index (Phi) is 7.85. The second kappa shape index (κ2) is 9.68. The monoisotopic (exact) mass is 310 g/mol. The number of halogens is 2. The number of benzene rings is 1. The van der Waals surface area contributed by atoms with Crippen molar-refractivity contribution in [2.24, 2.45) is 0 Å². The molecule has 0 spiro atoms. The maximum Gasteiger partial charge on any atom is 0.280 e. The number of hydrogen-bond acceptors (Lipinski definition) is 4. The van der Waals surface area contributed by atoms with Crippen LogP contribution in [0.25, 0.3) is 0 Å². The van der Waals surface area contributed by atoms with Crippen molar-refractivity contribution in [2.75, 3.05) is 21.2 Å². The normalized spacial score (nSPS) is 9.91. The van der Waals surface area contributed by atoms with E-state index in [1.54, 1.807) is 25.3 Å². The molecule has 1 aromatic carbocycles. The van der Waals surface area contributed by atoms with Crippen molar-refractivity contribution in [1.29, 1.82) is 0 Å². The average molecular weight is 310 g/mol. The fraction of sp³-hybridized carbons (Fsp3) is 0.312. The number of nitrogens with zero attached hydrogens (tertiary/aromatic N) is 1. The molecule has 0 aliphatic carbocycles. The zero-order valence-corrected chi connectivity index (χ0v) is 12.8. The van der Waals surface area contributed by atoms with E-state index in [9.17, 15) is 8.78 Å². The van der Waals surface area contributed by atoms with Crippen LogP contribution in [0.1, 0.15) is 17.7 Å². The van der Waals surface area contributed by atoms with Crippen molar-refractivity contribution in [3.05, 3.63) is 53.9 Å². The largest absolute Gasteiger partial charge is 0.493 e. The van der Waals surface area contributed by atoms with E-state index in [4.69, 9.17) is 9.47 Å². The van der Waals surface area contributed by atoms with Crippen molar-refractivity contribution in [3.8, 4) is 11.5 Å². The molecule has 0 radical (unpaired) electrons. The molecule has 0 fully saturated rings. The van der Waals surface area contributed by atoms with Gasteiger partial charge in [-0.1, -0.05) is 18.2 Å². The fourth-order valence-electron chi connectivity index (χ4n) is 1.55. The van der Waals surface area contributed by atoms with E-state index >= 15 is 0 Å². The van der Waals surface area contributed by atoms with Crippen molar-refractivity contribution >= 4 is 0 Å². The van der Waals surface area contributed by atoms with Gasteiger partial charge in [0.2, 0.25) is 0 Å². The zero-order chi connectivity index (χ0) is 16.4. The smallest absolute Gasteiger partial charge is 0.280 e. The van der Waals surface area contributed by atoms with E-state index in [1.165, 1.54) is 12.3 Å². The van der Waals surface area contributed by atoms with E-state index < -0.39 is 6.43 Å². The number of pyridine rings is 1. The first-order chi connectivity index (χ1) is 10.6. The van der Waals surface area contributed by atoms with E-state index in [-0.39, 0.29) is 12.3 Å². The van der Waals surface area contributed by atoms with Gasteiger partial charge in [0.05, 0.1) is 7.11 Å². The van der Waals surface area contributed by atoms with Gasteiger partial charge in [0.25, 0.3) is 6.43 Å².